The third-order valence-corrected chi connectivity index (χ3v) is 6.98. The van der Waals surface area contributed by atoms with Gasteiger partial charge in [0, 0.05) is 31.2 Å². The SMILES string of the molecule is Clc1ccccc1C(c1ccccc1)N1CCN(c2ncnc3c2cnn3-c2ccccc2)CC1. The molecule has 1 aliphatic rings. The Bertz CT molecular complexity index is 1430. The van der Waals surface area contributed by atoms with Gasteiger partial charge in [-0.3, -0.25) is 4.90 Å². The summed E-state index contributed by atoms with van der Waals surface area (Å²) in [6.45, 7) is 3.50. The number of aromatic nitrogens is 4. The molecule has 6 rings (SSSR count). The van der Waals surface area contributed by atoms with Crippen molar-refractivity contribution in [1.82, 2.24) is 24.6 Å². The molecule has 7 heteroatoms. The second kappa shape index (κ2) is 9.49. The minimum absolute atomic E-state index is 0.110. The van der Waals surface area contributed by atoms with Crippen LogP contribution in [0.5, 0.6) is 0 Å². The van der Waals surface area contributed by atoms with Crippen LogP contribution in [0.2, 0.25) is 5.02 Å². The van der Waals surface area contributed by atoms with E-state index in [2.05, 4.69) is 67.3 Å². The summed E-state index contributed by atoms with van der Waals surface area (Å²) in [5, 5.41) is 6.38. The van der Waals surface area contributed by atoms with Crippen LogP contribution in [0.25, 0.3) is 16.7 Å². The van der Waals surface area contributed by atoms with E-state index in [0.29, 0.717) is 0 Å². The van der Waals surface area contributed by atoms with E-state index >= 15 is 0 Å². The van der Waals surface area contributed by atoms with Gasteiger partial charge in [-0.25, -0.2) is 14.6 Å². The number of fused-ring (bicyclic) bond motifs is 1. The van der Waals surface area contributed by atoms with E-state index in [-0.39, 0.29) is 6.04 Å². The zero-order valence-corrected chi connectivity index (χ0v) is 20.0. The topological polar surface area (TPSA) is 50.1 Å². The van der Waals surface area contributed by atoms with Crippen molar-refractivity contribution in [3.05, 3.63) is 114 Å². The first kappa shape index (κ1) is 21.8. The van der Waals surface area contributed by atoms with Crippen LogP contribution in [-0.2, 0) is 0 Å². The van der Waals surface area contributed by atoms with Gasteiger partial charge in [-0.1, -0.05) is 78.3 Å². The van der Waals surface area contributed by atoms with Gasteiger partial charge < -0.3 is 4.90 Å². The molecule has 1 saturated heterocycles. The predicted molar refractivity (Wildman–Crippen MR) is 140 cm³/mol. The molecule has 0 radical (unpaired) electrons. The second-order valence-electron chi connectivity index (χ2n) is 8.68. The molecular formula is C28H25ClN6. The average molecular weight is 481 g/mol. The van der Waals surface area contributed by atoms with Crippen LogP contribution < -0.4 is 4.90 Å². The first-order valence-corrected chi connectivity index (χ1v) is 12.2. The monoisotopic (exact) mass is 480 g/mol. The summed E-state index contributed by atoms with van der Waals surface area (Å²) in [7, 11) is 0. The predicted octanol–water partition coefficient (Wildman–Crippen LogP) is 5.38. The smallest absolute Gasteiger partial charge is 0.168 e. The second-order valence-corrected chi connectivity index (χ2v) is 9.09. The molecule has 3 aromatic carbocycles. The summed E-state index contributed by atoms with van der Waals surface area (Å²) in [5.41, 5.74) is 4.20. The molecule has 1 fully saturated rings. The fourth-order valence-electron chi connectivity index (χ4n) is 4.95. The van der Waals surface area contributed by atoms with Crippen molar-refractivity contribution in [3.63, 3.8) is 0 Å². The largest absolute Gasteiger partial charge is 0.353 e. The van der Waals surface area contributed by atoms with E-state index in [4.69, 9.17) is 11.6 Å². The number of benzene rings is 3. The maximum absolute atomic E-state index is 6.67. The number of piperazine rings is 1. The number of rotatable bonds is 5. The molecule has 5 aromatic rings. The number of nitrogens with zero attached hydrogens (tertiary/aromatic N) is 6. The Morgan fingerprint density at radius 3 is 2.17 bits per heavy atom. The first-order chi connectivity index (χ1) is 17.3. The molecule has 0 amide bonds. The number of halogens is 1. The van der Waals surface area contributed by atoms with Gasteiger partial charge in [0.15, 0.2) is 5.65 Å². The Morgan fingerprint density at radius 2 is 1.43 bits per heavy atom. The lowest BCUT2D eigenvalue weighted by atomic mass is 9.96. The van der Waals surface area contributed by atoms with Gasteiger partial charge in [0.2, 0.25) is 0 Å². The Morgan fingerprint density at radius 1 is 0.743 bits per heavy atom. The van der Waals surface area contributed by atoms with Crippen LogP contribution in [0.3, 0.4) is 0 Å². The number of hydrogen-bond acceptors (Lipinski definition) is 5. The van der Waals surface area contributed by atoms with E-state index in [1.807, 2.05) is 53.3 Å². The van der Waals surface area contributed by atoms with Gasteiger partial charge in [-0.15, -0.1) is 0 Å². The van der Waals surface area contributed by atoms with E-state index in [1.165, 1.54) is 5.56 Å². The minimum Gasteiger partial charge on any atom is -0.353 e. The summed E-state index contributed by atoms with van der Waals surface area (Å²) in [4.78, 5) is 14.1. The lowest BCUT2D eigenvalue weighted by Crippen LogP contribution is -2.48. The average Bonchev–Trinajstić information content (AvgIpc) is 3.36. The van der Waals surface area contributed by atoms with Crippen LogP contribution in [0.15, 0.2) is 97.5 Å². The molecular weight excluding hydrogens is 456 g/mol. The first-order valence-electron chi connectivity index (χ1n) is 11.8. The van der Waals surface area contributed by atoms with Gasteiger partial charge in [0.1, 0.15) is 12.1 Å². The lowest BCUT2D eigenvalue weighted by molar-refractivity contribution is 0.212. The summed E-state index contributed by atoms with van der Waals surface area (Å²) >= 11 is 6.67. The van der Waals surface area contributed by atoms with Gasteiger partial charge in [-0.2, -0.15) is 5.10 Å². The van der Waals surface area contributed by atoms with E-state index in [0.717, 1.165) is 59.3 Å². The van der Waals surface area contributed by atoms with E-state index < -0.39 is 0 Å². The fourth-order valence-corrected chi connectivity index (χ4v) is 5.19. The zero-order valence-electron chi connectivity index (χ0n) is 19.2. The molecule has 0 saturated carbocycles. The van der Waals surface area contributed by atoms with Crippen LogP contribution in [0.4, 0.5) is 5.82 Å². The van der Waals surface area contributed by atoms with Crippen LogP contribution in [-0.4, -0.2) is 50.8 Å². The van der Waals surface area contributed by atoms with Crippen molar-refractivity contribution in [2.45, 2.75) is 6.04 Å². The van der Waals surface area contributed by atoms with Crippen LogP contribution in [0.1, 0.15) is 17.2 Å². The molecule has 0 N–H and O–H groups in total. The summed E-state index contributed by atoms with van der Waals surface area (Å²) in [5.74, 6) is 0.936. The van der Waals surface area contributed by atoms with Crippen LogP contribution in [0, 0.1) is 0 Å². The highest BCUT2D eigenvalue weighted by Gasteiger charge is 2.29. The van der Waals surface area contributed by atoms with E-state index in [1.54, 1.807) is 6.33 Å². The van der Waals surface area contributed by atoms with Crippen molar-refractivity contribution < 1.29 is 0 Å². The highest BCUT2D eigenvalue weighted by Crippen LogP contribution is 2.35. The standard InChI is InChI=1S/C28H25ClN6/c29-25-14-8-7-13-23(25)26(21-9-3-1-4-10-21)33-15-17-34(18-16-33)27-24-19-32-35(28(24)31-20-30-27)22-11-5-2-6-12-22/h1-14,19-20,26H,15-18H2. The third kappa shape index (κ3) is 4.16. The van der Waals surface area contributed by atoms with Crippen molar-refractivity contribution >= 4 is 28.5 Å². The Balaban J connectivity index is 1.28. The van der Waals surface area contributed by atoms with Crippen molar-refractivity contribution in [2.24, 2.45) is 0 Å². The number of anilines is 1. The maximum Gasteiger partial charge on any atom is 0.168 e. The molecule has 0 spiro atoms. The third-order valence-electron chi connectivity index (χ3n) is 6.64. The molecule has 3 heterocycles. The van der Waals surface area contributed by atoms with Gasteiger partial charge in [-0.05, 0) is 29.3 Å². The molecule has 0 bridgehead atoms. The molecule has 0 aliphatic carbocycles. The van der Waals surface area contributed by atoms with Crippen LogP contribution >= 0.6 is 11.6 Å². The molecule has 35 heavy (non-hydrogen) atoms. The molecule has 2 aromatic heterocycles. The van der Waals surface area contributed by atoms with Crippen molar-refractivity contribution in [2.75, 3.05) is 31.1 Å². The number of para-hydroxylation sites is 1. The van der Waals surface area contributed by atoms with Crippen molar-refractivity contribution in [1.29, 1.82) is 0 Å². The molecule has 1 atom stereocenters. The van der Waals surface area contributed by atoms with E-state index in [9.17, 15) is 0 Å². The highest BCUT2D eigenvalue weighted by molar-refractivity contribution is 6.31. The Kier molecular flexibility index (Phi) is 5.90. The minimum atomic E-state index is 0.110. The molecule has 1 unspecified atom stereocenters. The van der Waals surface area contributed by atoms with Crippen molar-refractivity contribution in [3.8, 4) is 5.69 Å². The number of hydrogen-bond donors (Lipinski definition) is 0. The van der Waals surface area contributed by atoms with Gasteiger partial charge in [0.25, 0.3) is 0 Å². The summed E-state index contributed by atoms with van der Waals surface area (Å²) in [6, 6.07) is 29.0. The molecule has 174 valence electrons. The molecule has 1 aliphatic heterocycles. The normalized spacial score (nSPS) is 15.4. The Hall–Kier alpha value is -3.74. The highest BCUT2D eigenvalue weighted by atomic mass is 35.5. The Labute approximate surface area is 209 Å². The maximum atomic E-state index is 6.67. The zero-order chi connectivity index (χ0) is 23.6. The fraction of sp³-hybridized carbons (Fsp3) is 0.179. The quantitative estimate of drug-likeness (QED) is 0.338. The summed E-state index contributed by atoms with van der Waals surface area (Å²) < 4.78 is 1.87. The lowest BCUT2D eigenvalue weighted by Gasteiger charge is -2.40. The molecule has 6 nitrogen and oxygen atoms in total. The summed E-state index contributed by atoms with van der Waals surface area (Å²) in [6.07, 6.45) is 3.52. The van der Waals surface area contributed by atoms with Gasteiger partial charge >= 0.3 is 0 Å². The van der Waals surface area contributed by atoms with Gasteiger partial charge in [0.05, 0.1) is 23.3 Å².